The van der Waals surface area contributed by atoms with Crippen LogP contribution in [0.3, 0.4) is 0 Å². The van der Waals surface area contributed by atoms with Gasteiger partial charge in [-0.2, -0.15) is 0 Å². The van der Waals surface area contributed by atoms with Gasteiger partial charge in [-0.1, -0.05) is 0 Å². The second kappa shape index (κ2) is 4.94. The molecular weight excluding hydrogens is 210 g/mol. The summed E-state index contributed by atoms with van der Waals surface area (Å²) >= 11 is 0. The lowest BCUT2D eigenvalue weighted by atomic mass is 10.2. The molecular formula is C11H13NO4. The number of aromatic nitrogens is 1. The molecule has 0 radical (unpaired) electrons. The van der Waals surface area contributed by atoms with E-state index in [0.29, 0.717) is 12.4 Å². The highest BCUT2D eigenvalue weighted by Crippen LogP contribution is 2.20. The number of hydrogen-bond acceptors (Lipinski definition) is 4. The summed E-state index contributed by atoms with van der Waals surface area (Å²) in [6.45, 7) is 1.26. The summed E-state index contributed by atoms with van der Waals surface area (Å²) < 4.78 is 10.8. The fraction of sp³-hybridized carbons (Fsp3) is 0.455. The van der Waals surface area contributed by atoms with Crippen molar-refractivity contribution in [3.05, 3.63) is 24.0 Å². The summed E-state index contributed by atoms with van der Waals surface area (Å²) in [7, 11) is 0. The van der Waals surface area contributed by atoms with Gasteiger partial charge in [0.2, 0.25) is 0 Å². The van der Waals surface area contributed by atoms with Crippen LogP contribution in [0.1, 0.15) is 23.3 Å². The number of ether oxygens (including phenoxy) is 2. The molecule has 0 amide bonds. The predicted octanol–water partition coefficient (Wildman–Crippen LogP) is 1.34. The third kappa shape index (κ3) is 2.49. The smallest absolute Gasteiger partial charge is 0.358 e. The summed E-state index contributed by atoms with van der Waals surface area (Å²) in [5.41, 5.74) is -0.0481. The number of nitrogens with zero attached hydrogens (tertiary/aromatic N) is 1. The van der Waals surface area contributed by atoms with Crippen molar-refractivity contribution in [3.8, 4) is 5.75 Å². The van der Waals surface area contributed by atoms with Crippen LogP contribution in [-0.4, -0.2) is 35.4 Å². The fourth-order valence-electron chi connectivity index (χ4n) is 1.63. The zero-order valence-electron chi connectivity index (χ0n) is 8.76. The van der Waals surface area contributed by atoms with Crippen molar-refractivity contribution in [2.75, 3.05) is 13.2 Å². The Kier molecular flexibility index (Phi) is 3.36. The molecule has 16 heavy (non-hydrogen) atoms. The van der Waals surface area contributed by atoms with E-state index in [-0.39, 0.29) is 11.8 Å². The third-order valence-corrected chi connectivity index (χ3v) is 2.39. The molecule has 1 aliphatic rings. The van der Waals surface area contributed by atoms with E-state index in [1.807, 2.05) is 0 Å². The van der Waals surface area contributed by atoms with Crippen LogP contribution in [0.25, 0.3) is 0 Å². The van der Waals surface area contributed by atoms with Crippen LogP contribution in [0.2, 0.25) is 0 Å². The van der Waals surface area contributed by atoms with Crippen LogP contribution < -0.4 is 4.74 Å². The first-order chi connectivity index (χ1) is 7.77. The van der Waals surface area contributed by atoms with Gasteiger partial charge in [-0.25, -0.2) is 9.78 Å². The summed E-state index contributed by atoms with van der Waals surface area (Å²) in [4.78, 5) is 14.7. The van der Waals surface area contributed by atoms with E-state index in [4.69, 9.17) is 14.6 Å². The lowest BCUT2D eigenvalue weighted by molar-refractivity contribution is 0.00657. The lowest BCUT2D eigenvalue weighted by Gasteiger charge is -2.23. The van der Waals surface area contributed by atoms with E-state index in [1.54, 1.807) is 12.1 Å². The highest BCUT2D eigenvalue weighted by atomic mass is 16.5. The number of carboxylic acid groups (broad SMARTS) is 1. The molecule has 1 aliphatic heterocycles. The predicted molar refractivity (Wildman–Crippen MR) is 55.7 cm³/mol. The average molecular weight is 223 g/mol. The standard InChI is InChI=1S/C11H13NO4/c13-11(14)10-9(4-1-5-12-10)16-8-3-2-6-15-7-8/h1,4-5,8H,2-3,6-7H2,(H,13,14). The Balaban J connectivity index is 2.10. The Hall–Kier alpha value is -1.62. The molecule has 2 rings (SSSR count). The van der Waals surface area contributed by atoms with Gasteiger partial charge < -0.3 is 14.6 Å². The quantitative estimate of drug-likeness (QED) is 0.837. The van der Waals surface area contributed by atoms with Crippen molar-refractivity contribution in [1.82, 2.24) is 4.98 Å². The van der Waals surface area contributed by atoms with Gasteiger partial charge in [0.25, 0.3) is 0 Å². The maximum Gasteiger partial charge on any atom is 0.358 e. The second-order valence-corrected chi connectivity index (χ2v) is 3.61. The molecule has 1 unspecified atom stereocenters. The Bertz CT molecular complexity index is 374. The molecule has 5 heteroatoms. The van der Waals surface area contributed by atoms with Gasteiger partial charge in [0.05, 0.1) is 6.61 Å². The highest BCUT2D eigenvalue weighted by molar-refractivity contribution is 5.88. The molecule has 5 nitrogen and oxygen atoms in total. The number of rotatable bonds is 3. The summed E-state index contributed by atoms with van der Waals surface area (Å²) in [5.74, 6) is -0.766. The minimum Gasteiger partial charge on any atom is -0.485 e. The molecule has 1 N–H and O–H groups in total. The van der Waals surface area contributed by atoms with Crippen molar-refractivity contribution in [1.29, 1.82) is 0 Å². The van der Waals surface area contributed by atoms with Crippen LogP contribution in [-0.2, 0) is 4.74 Å². The van der Waals surface area contributed by atoms with E-state index in [0.717, 1.165) is 19.4 Å². The zero-order valence-corrected chi connectivity index (χ0v) is 8.76. The van der Waals surface area contributed by atoms with E-state index < -0.39 is 5.97 Å². The summed E-state index contributed by atoms with van der Waals surface area (Å²) in [6.07, 6.45) is 3.19. The summed E-state index contributed by atoms with van der Waals surface area (Å²) in [6, 6.07) is 3.27. The van der Waals surface area contributed by atoms with Crippen molar-refractivity contribution < 1.29 is 19.4 Å². The van der Waals surface area contributed by atoms with Crippen LogP contribution in [0.4, 0.5) is 0 Å². The monoisotopic (exact) mass is 223 g/mol. The third-order valence-electron chi connectivity index (χ3n) is 2.39. The molecule has 1 aromatic rings. The van der Waals surface area contributed by atoms with Gasteiger partial charge in [-0.3, -0.25) is 0 Å². The molecule has 1 saturated heterocycles. The van der Waals surface area contributed by atoms with E-state index in [9.17, 15) is 4.79 Å². The molecule has 0 spiro atoms. The Morgan fingerprint density at radius 1 is 1.62 bits per heavy atom. The zero-order chi connectivity index (χ0) is 11.4. The lowest BCUT2D eigenvalue weighted by Crippen LogP contribution is -2.28. The van der Waals surface area contributed by atoms with Crippen LogP contribution >= 0.6 is 0 Å². The van der Waals surface area contributed by atoms with Gasteiger partial charge in [0.15, 0.2) is 11.4 Å². The summed E-state index contributed by atoms with van der Waals surface area (Å²) in [5, 5.41) is 8.92. The first kappa shape index (κ1) is 10.9. The molecule has 1 fully saturated rings. The number of aromatic carboxylic acids is 1. The van der Waals surface area contributed by atoms with Gasteiger partial charge in [0, 0.05) is 12.8 Å². The van der Waals surface area contributed by atoms with E-state index in [2.05, 4.69) is 4.98 Å². The van der Waals surface area contributed by atoms with Gasteiger partial charge in [-0.15, -0.1) is 0 Å². The minimum absolute atomic E-state index is 0.0481. The van der Waals surface area contributed by atoms with Crippen molar-refractivity contribution in [2.24, 2.45) is 0 Å². The SMILES string of the molecule is O=C(O)c1ncccc1OC1CCCOC1. The molecule has 0 bridgehead atoms. The van der Waals surface area contributed by atoms with Crippen molar-refractivity contribution >= 4 is 5.97 Å². The van der Waals surface area contributed by atoms with Crippen molar-refractivity contribution in [2.45, 2.75) is 18.9 Å². The van der Waals surface area contributed by atoms with Gasteiger partial charge in [-0.05, 0) is 25.0 Å². The normalized spacial score (nSPS) is 20.4. The molecule has 0 aliphatic carbocycles. The number of pyridine rings is 1. The van der Waals surface area contributed by atoms with E-state index >= 15 is 0 Å². The van der Waals surface area contributed by atoms with Crippen LogP contribution in [0, 0.1) is 0 Å². The Labute approximate surface area is 93.0 Å². The van der Waals surface area contributed by atoms with Crippen LogP contribution in [0.15, 0.2) is 18.3 Å². The highest BCUT2D eigenvalue weighted by Gasteiger charge is 2.19. The molecule has 1 aromatic heterocycles. The van der Waals surface area contributed by atoms with Gasteiger partial charge >= 0.3 is 5.97 Å². The first-order valence-corrected chi connectivity index (χ1v) is 5.20. The number of hydrogen-bond donors (Lipinski definition) is 1. The fourth-order valence-corrected chi connectivity index (χ4v) is 1.63. The maximum absolute atomic E-state index is 10.9. The van der Waals surface area contributed by atoms with E-state index in [1.165, 1.54) is 6.20 Å². The number of carbonyl (C=O) groups is 1. The minimum atomic E-state index is -1.08. The number of carboxylic acids is 1. The van der Waals surface area contributed by atoms with Gasteiger partial charge in [0.1, 0.15) is 6.10 Å². The average Bonchev–Trinajstić information content (AvgIpc) is 2.31. The molecule has 0 aromatic carbocycles. The first-order valence-electron chi connectivity index (χ1n) is 5.20. The molecule has 2 heterocycles. The molecule has 0 saturated carbocycles. The maximum atomic E-state index is 10.9. The van der Waals surface area contributed by atoms with Crippen LogP contribution in [0.5, 0.6) is 5.75 Å². The van der Waals surface area contributed by atoms with Crippen molar-refractivity contribution in [3.63, 3.8) is 0 Å². The Morgan fingerprint density at radius 2 is 2.50 bits per heavy atom. The largest absolute Gasteiger partial charge is 0.485 e. The topological polar surface area (TPSA) is 68.7 Å². The Morgan fingerprint density at radius 3 is 3.19 bits per heavy atom. The molecule has 86 valence electrons. The second-order valence-electron chi connectivity index (χ2n) is 3.61. The molecule has 1 atom stereocenters.